The number of phenols is 1. The SMILES string of the molecule is Oc1c(C=NCCC(c2ccccc2)c2ccccc2)cccc1-c1c2ccccc2cc2ccccc12. The molecule has 0 saturated heterocycles. The van der Waals surface area contributed by atoms with Gasteiger partial charge in [0.05, 0.1) is 0 Å². The van der Waals surface area contributed by atoms with E-state index in [1.165, 1.54) is 11.1 Å². The van der Waals surface area contributed by atoms with Crippen LogP contribution < -0.4 is 0 Å². The van der Waals surface area contributed by atoms with Gasteiger partial charge < -0.3 is 5.11 Å². The third-order valence-corrected chi connectivity index (χ3v) is 7.29. The quantitative estimate of drug-likeness (QED) is 0.175. The molecule has 6 aromatic carbocycles. The summed E-state index contributed by atoms with van der Waals surface area (Å²) in [5.74, 6) is 0.539. The van der Waals surface area contributed by atoms with E-state index >= 15 is 0 Å². The minimum atomic E-state index is 0.264. The normalized spacial score (nSPS) is 11.6. The summed E-state index contributed by atoms with van der Waals surface area (Å²) in [5, 5.41) is 16.0. The van der Waals surface area contributed by atoms with Gasteiger partial charge in [0.2, 0.25) is 0 Å². The van der Waals surface area contributed by atoms with Crippen molar-refractivity contribution in [1.29, 1.82) is 0 Å². The molecule has 0 aliphatic carbocycles. The van der Waals surface area contributed by atoms with Crippen LogP contribution >= 0.6 is 0 Å². The Balaban J connectivity index is 1.32. The van der Waals surface area contributed by atoms with E-state index in [2.05, 4.69) is 115 Å². The van der Waals surface area contributed by atoms with E-state index in [-0.39, 0.29) is 11.7 Å². The van der Waals surface area contributed by atoms with Gasteiger partial charge in [-0.1, -0.05) is 121 Å². The van der Waals surface area contributed by atoms with E-state index in [4.69, 9.17) is 4.99 Å². The average Bonchev–Trinajstić information content (AvgIpc) is 2.98. The molecular formula is C36H29NO. The number of para-hydroxylation sites is 1. The molecule has 0 aliphatic rings. The van der Waals surface area contributed by atoms with Gasteiger partial charge in [-0.2, -0.15) is 0 Å². The summed E-state index contributed by atoms with van der Waals surface area (Å²) in [7, 11) is 0. The Morgan fingerprint density at radius 2 is 1.16 bits per heavy atom. The molecule has 6 aromatic rings. The number of fused-ring (bicyclic) bond motifs is 2. The second kappa shape index (κ2) is 10.7. The third kappa shape index (κ3) is 4.69. The number of aliphatic imine (C=N–C) groups is 1. The summed E-state index contributed by atoms with van der Waals surface area (Å²) in [6.07, 6.45) is 2.71. The van der Waals surface area contributed by atoms with E-state index in [1.807, 2.05) is 24.4 Å². The first kappa shape index (κ1) is 23.7. The molecule has 0 aromatic heterocycles. The Morgan fingerprint density at radius 1 is 0.605 bits per heavy atom. The first-order valence-electron chi connectivity index (χ1n) is 13.1. The van der Waals surface area contributed by atoms with Crippen LogP contribution in [-0.2, 0) is 0 Å². The van der Waals surface area contributed by atoms with E-state index in [1.54, 1.807) is 0 Å². The van der Waals surface area contributed by atoms with Crippen molar-refractivity contribution in [3.05, 3.63) is 150 Å². The number of hydrogen-bond acceptors (Lipinski definition) is 2. The van der Waals surface area contributed by atoms with E-state index < -0.39 is 0 Å². The zero-order valence-corrected chi connectivity index (χ0v) is 21.2. The van der Waals surface area contributed by atoms with Crippen molar-refractivity contribution >= 4 is 27.8 Å². The Bertz CT molecular complexity index is 1630. The topological polar surface area (TPSA) is 32.6 Å². The van der Waals surface area contributed by atoms with Gasteiger partial charge in [0, 0.05) is 35.4 Å². The summed E-state index contributed by atoms with van der Waals surface area (Å²) in [4.78, 5) is 4.77. The van der Waals surface area contributed by atoms with Crippen molar-refractivity contribution in [2.45, 2.75) is 12.3 Å². The molecule has 0 bridgehead atoms. The van der Waals surface area contributed by atoms with Crippen LogP contribution in [0.1, 0.15) is 29.0 Å². The molecule has 0 unspecified atom stereocenters. The lowest BCUT2D eigenvalue weighted by Crippen LogP contribution is -2.03. The van der Waals surface area contributed by atoms with Crippen molar-refractivity contribution < 1.29 is 5.11 Å². The van der Waals surface area contributed by atoms with Crippen LogP contribution in [0.15, 0.2) is 138 Å². The van der Waals surface area contributed by atoms with Crippen molar-refractivity contribution in [2.24, 2.45) is 4.99 Å². The maximum absolute atomic E-state index is 11.4. The Kier molecular flexibility index (Phi) is 6.70. The van der Waals surface area contributed by atoms with Crippen molar-refractivity contribution in [2.75, 3.05) is 6.54 Å². The van der Waals surface area contributed by atoms with Crippen molar-refractivity contribution in [1.82, 2.24) is 0 Å². The fourth-order valence-electron chi connectivity index (χ4n) is 5.43. The van der Waals surface area contributed by atoms with Gasteiger partial charge in [-0.05, 0) is 51.2 Å². The zero-order chi connectivity index (χ0) is 25.7. The molecular weight excluding hydrogens is 462 g/mol. The molecule has 6 rings (SSSR count). The second-order valence-electron chi connectivity index (χ2n) is 9.64. The maximum Gasteiger partial charge on any atom is 0.132 e. The largest absolute Gasteiger partial charge is 0.507 e. The number of nitrogens with zero attached hydrogens (tertiary/aromatic N) is 1. The lowest BCUT2D eigenvalue weighted by molar-refractivity contribution is 0.476. The Morgan fingerprint density at radius 3 is 1.76 bits per heavy atom. The molecule has 184 valence electrons. The first-order chi connectivity index (χ1) is 18.8. The highest BCUT2D eigenvalue weighted by molar-refractivity contribution is 6.14. The molecule has 0 fully saturated rings. The summed E-state index contributed by atoms with van der Waals surface area (Å²) in [6, 6.07) is 46.1. The van der Waals surface area contributed by atoms with Gasteiger partial charge in [-0.25, -0.2) is 0 Å². The minimum absolute atomic E-state index is 0.264. The standard InChI is InChI=1S/C36H29NO/c38-36-30(25-37-23-22-31(26-12-3-1-4-13-26)27-14-5-2-6-15-27)18-11-21-34(36)35-32-19-9-7-16-28(32)24-29-17-8-10-20-33(29)35/h1-21,24-25,31,38H,22-23H2. The Hall–Kier alpha value is -4.69. The highest BCUT2D eigenvalue weighted by atomic mass is 16.3. The summed E-state index contributed by atoms with van der Waals surface area (Å²) in [5.41, 5.74) is 5.20. The zero-order valence-electron chi connectivity index (χ0n) is 21.2. The molecule has 0 saturated carbocycles. The predicted octanol–water partition coefficient (Wildman–Crippen LogP) is 9.01. The van der Waals surface area contributed by atoms with Crippen LogP contribution in [-0.4, -0.2) is 17.9 Å². The van der Waals surface area contributed by atoms with Crippen LogP contribution in [0.5, 0.6) is 5.75 Å². The first-order valence-corrected chi connectivity index (χ1v) is 13.1. The van der Waals surface area contributed by atoms with Crippen molar-refractivity contribution in [3.63, 3.8) is 0 Å². The number of rotatable bonds is 7. The third-order valence-electron chi connectivity index (χ3n) is 7.29. The van der Waals surface area contributed by atoms with Gasteiger partial charge in [-0.3, -0.25) is 4.99 Å². The molecule has 1 N–H and O–H groups in total. The number of benzene rings is 6. The average molecular weight is 492 g/mol. The van der Waals surface area contributed by atoms with Crippen molar-refractivity contribution in [3.8, 4) is 16.9 Å². The molecule has 0 aliphatic heterocycles. The molecule has 0 heterocycles. The fourth-order valence-corrected chi connectivity index (χ4v) is 5.43. The molecule has 0 atom stereocenters. The molecule has 0 radical (unpaired) electrons. The number of aromatic hydroxyl groups is 1. The lowest BCUT2D eigenvalue weighted by Gasteiger charge is -2.17. The molecule has 38 heavy (non-hydrogen) atoms. The highest BCUT2D eigenvalue weighted by Crippen LogP contribution is 2.41. The second-order valence-corrected chi connectivity index (χ2v) is 9.64. The lowest BCUT2D eigenvalue weighted by atomic mass is 9.88. The van der Waals surface area contributed by atoms with Crippen LogP contribution in [0.25, 0.3) is 32.7 Å². The monoisotopic (exact) mass is 491 g/mol. The summed E-state index contributed by atoms with van der Waals surface area (Å²) in [6.45, 7) is 0.662. The fraction of sp³-hybridized carbons (Fsp3) is 0.0833. The van der Waals surface area contributed by atoms with Crippen LogP contribution in [0.3, 0.4) is 0 Å². The van der Waals surface area contributed by atoms with E-state index in [9.17, 15) is 5.11 Å². The molecule has 2 nitrogen and oxygen atoms in total. The van der Waals surface area contributed by atoms with E-state index in [0.717, 1.165) is 44.7 Å². The predicted molar refractivity (Wildman–Crippen MR) is 160 cm³/mol. The number of hydrogen-bond donors (Lipinski definition) is 1. The van der Waals surface area contributed by atoms with Gasteiger partial charge >= 0.3 is 0 Å². The Labute approximate surface area is 223 Å². The molecule has 0 amide bonds. The van der Waals surface area contributed by atoms with Gasteiger partial charge in [0.1, 0.15) is 5.75 Å². The summed E-state index contributed by atoms with van der Waals surface area (Å²) >= 11 is 0. The van der Waals surface area contributed by atoms with Crippen LogP contribution in [0, 0.1) is 0 Å². The van der Waals surface area contributed by atoms with Gasteiger partial charge in [0.25, 0.3) is 0 Å². The smallest absolute Gasteiger partial charge is 0.132 e. The van der Waals surface area contributed by atoms with Crippen LogP contribution in [0.4, 0.5) is 0 Å². The molecule has 2 heteroatoms. The van der Waals surface area contributed by atoms with E-state index in [0.29, 0.717) is 6.54 Å². The highest BCUT2D eigenvalue weighted by Gasteiger charge is 2.15. The summed E-state index contributed by atoms with van der Waals surface area (Å²) < 4.78 is 0. The van der Waals surface area contributed by atoms with Gasteiger partial charge in [-0.15, -0.1) is 0 Å². The van der Waals surface area contributed by atoms with Gasteiger partial charge in [0.15, 0.2) is 0 Å². The maximum atomic E-state index is 11.4. The minimum Gasteiger partial charge on any atom is -0.507 e. The molecule has 0 spiro atoms. The van der Waals surface area contributed by atoms with Crippen LogP contribution in [0.2, 0.25) is 0 Å². The number of phenolic OH excluding ortho intramolecular Hbond substituents is 1.